The quantitative estimate of drug-likeness (QED) is 0.586. The van der Waals surface area contributed by atoms with E-state index >= 15 is 0 Å². The molecule has 2 aliphatic heterocycles. The normalized spacial score (nSPS) is 16.5. The van der Waals surface area contributed by atoms with Crippen LogP contribution in [0.15, 0.2) is 59.8 Å². The van der Waals surface area contributed by atoms with Crippen molar-refractivity contribution in [2.24, 2.45) is 5.10 Å². The maximum Gasteiger partial charge on any atom is 0.181 e. The van der Waals surface area contributed by atoms with Crippen molar-refractivity contribution in [3.05, 3.63) is 76.7 Å². The van der Waals surface area contributed by atoms with Crippen LogP contribution in [0, 0.1) is 5.82 Å². The van der Waals surface area contributed by atoms with Crippen molar-refractivity contribution in [2.45, 2.75) is 19.4 Å². The van der Waals surface area contributed by atoms with Crippen molar-refractivity contribution in [3.8, 4) is 11.1 Å². The average Bonchev–Trinajstić information content (AvgIpc) is 3.46. The van der Waals surface area contributed by atoms with Crippen molar-refractivity contribution in [1.29, 1.82) is 0 Å². The number of hydrazone groups is 1. The highest BCUT2D eigenvalue weighted by Gasteiger charge is 2.28. The molecular formula is C24H25ClFN7. The zero-order chi connectivity index (χ0) is 22.9. The largest absolute Gasteiger partial charge is 0.383 e. The van der Waals surface area contributed by atoms with Crippen molar-refractivity contribution < 1.29 is 4.39 Å². The summed E-state index contributed by atoms with van der Waals surface area (Å²) < 4.78 is 14.1. The van der Waals surface area contributed by atoms with Gasteiger partial charge in [0.05, 0.1) is 11.3 Å². The minimum Gasteiger partial charge on any atom is -0.383 e. The Morgan fingerprint density at radius 3 is 2.61 bits per heavy atom. The molecule has 0 spiro atoms. The Hall–Kier alpha value is -3.20. The smallest absolute Gasteiger partial charge is 0.181 e. The van der Waals surface area contributed by atoms with Crippen molar-refractivity contribution in [2.75, 3.05) is 30.9 Å². The van der Waals surface area contributed by atoms with Gasteiger partial charge in [-0.2, -0.15) is 0 Å². The topological polar surface area (TPSA) is 73.0 Å². The minimum atomic E-state index is -0.515. The number of likely N-dealkylation sites (tertiary alicyclic amines) is 1. The van der Waals surface area contributed by atoms with Crippen LogP contribution < -0.4 is 16.3 Å². The molecule has 0 amide bonds. The van der Waals surface area contributed by atoms with Crippen LogP contribution in [-0.4, -0.2) is 41.0 Å². The van der Waals surface area contributed by atoms with E-state index in [2.05, 4.69) is 44.8 Å². The summed E-state index contributed by atoms with van der Waals surface area (Å²) >= 11 is 6.24. The number of nitrogens with zero attached hydrogens (tertiary/aromatic N) is 5. The summed E-state index contributed by atoms with van der Waals surface area (Å²) in [6, 6.07) is 15.1. The van der Waals surface area contributed by atoms with E-state index < -0.39 is 5.82 Å². The first-order valence-corrected chi connectivity index (χ1v) is 11.3. The fraction of sp³-hybridized carbons (Fsp3) is 0.250. The van der Waals surface area contributed by atoms with E-state index in [9.17, 15) is 4.39 Å². The van der Waals surface area contributed by atoms with Crippen LogP contribution in [0.3, 0.4) is 0 Å². The van der Waals surface area contributed by atoms with Gasteiger partial charge in [-0.3, -0.25) is 4.90 Å². The molecule has 5 rings (SSSR count). The predicted molar refractivity (Wildman–Crippen MR) is 130 cm³/mol. The Balaban J connectivity index is 1.45. The number of hydrazine groups is 2. The van der Waals surface area contributed by atoms with E-state index in [0.717, 1.165) is 17.7 Å². The molecule has 3 heterocycles. The van der Waals surface area contributed by atoms with E-state index in [1.807, 2.05) is 6.07 Å². The van der Waals surface area contributed by atoms with Gasteiger partial charge >= 0.3 is 0 Å². The lowest BCUT2D eigenvalue weighted by molar-refractivity contribution is 0.279. The third-order valence-corrected chi connectivity index (χ3v) is 6.30. The predicted octanol–water partition coefficient (Wildman–Crippen LogP) is 4.25. The first kappa shape index (κ1) is 21.6. The van der Waals surface area contributed by atoms with E-state index in [-0.39, 0.29) is 5.02 Å². The number of anilines is 2. The minimum absolute atomic E-state index is 0.00993. The number of nitrogens with one attached hydrogen (secondary N) is 1. The molecule has 2 aromatic carbocycles. The molecule has 0 atom stereocenters. The van der Waals surface area contributed by atoms with Gasteiger partial charge in [-0.25, -0.2) is 19.5 Å². The second-order valence-electron chi connectivity index (χ2n) is 8.29. The van der Waals surface area contributed by atoms with Crippen LogP contribution in [0.25, 0.3) is 11.1 Å². The Kier molecular flexibility index (Phi) is 5.88. The first-order valence-electron chi connectivity index (χ1n) is 10.9. The molecule has 170 valence electrons. The second-order valence-corrected chi connectivity index (χ2v) is 8.67. The molecule has 9 heteroatoms. The van der Waals surface area contributed by atoms with Crippen molar-refractivity contribution >= 4 is 28.9 Å². The van der Waals surface area contributed by atoms with Crippen LogP contribution in [0.5, 0.6) is 0 Å². The van der Waals surface area contributed by atoms with Gasteiger partial charge in [-0.15, -0.1) is 10.6 Å². The number of nitrogens with two attached hydrogens (primary N) is 1. The van der Waals surface area contributed by atoms with E-state index in [0.29, 0.717) is 22.9 Å². The summed E-state index contributed by atoms with van der Waals surface area (Å²) in [4.78, 5) is 6.89. The monoisotopic (exact) mass is 465 g/mol. The van der Waals surface area contributed by atoms with E-state index in [1.54, 1.807) is 30.4 Å². The fourth-order valence-corrected chi connectivity index (χ4v) is 4.43. The van der Waals surface area contributed by atoms with Gasteiger partial charge in [-0.1, -0.05) is 41.9 Å². The number of hydrogen-bond acceptors (Lipinski definition) is 7. The SMILES string of the molecule is CN1N=C(c2cc(-c3ccc(CN4CCCC4)cc3)cnc2N)N(c2cccc(F)c2Cl)N1. The standard InChI is InChI=1S/C24H25ClFN7/c1-31-29-24(33(30-31)21-6-4-5-20(26)22(21)25)19-13-18(14-28-23(19)27)17-9-7-16(8-10-17)15-32-11-2-3-12-32/h4-10,13-14,30H,2-3,11-12,15H2,1H3,(H2,27,28). The Labute approximate surface area is 197 Å². The third kappa shape index (κ3) is 4.37. The summed E-state index contributed by atoms with van der Waals surface area (Å²) in [5.74, 6) is 0.277. The fourth-order valence-electron chi connectivity index (χ4n) is 4.22. The molecule has 0 bridgehead atoms. The Bertz CT molecular complexity index is 1190. The zero-order valence-electron chi connectivity index (χ0n) is 18.3. The number of nitrogen functional groups attached to an aromatic ring is 1. The molecule has 33 heavy (non-hydrogen) atoms. The molecule has 2 aliphatic rings. The lowest BCUT2D eigenvalue weighted by Gasteiger charge is -2.22. The van der Waals surface area contributed by atoms with Crippen LogP contribution in [0.1, 0.15) is 24.0 Å². The maximum atomic E-state index is 14.1. The van der Waals surface area contributed by atoms with Crippen molar-refractivity contribution in [3.63, 3.8) is 0 Å². The van der Waals surface area contributed by atoms with Gasteiger partial charge in [0.2, 0.25) is 0 Å². The number of aromatic nitrogens is 1. The Morgan fingerprint density at radius 1 is 1.09 bits per heavy atom. The zero-order valence-corrected chi connectivity index (χ0v) is 19.1. The maximum absolute atomic E-state index is 14.1. The highest BCUT2D eigenvalue weighted by molar-refractivity contribution is 6.34. The van der Waals surface area contributed by atoms with Crippen LogP contribution in [0.2, 0.25) is 5.02 Å². The van der Waals surface area contributed by atoms with Gasteiger partial charge in [0, 0.05) is 25.4 Å². The molecule has 0 radical (unpaired) electrons. The molecule has 1 fully saturated rings. The summed E-state index contributed by atoms with van der Waals surface area (Å²) in [5.41, 5.74) is 13.6. The van der Waals surface area contributed by atoms with Gasteiger partial charge in [0.25, 0.3) is 0 Å². The molecule has 1 aromatic heterocycles. The highest BCUT2D eigenvalue weighted by atomic mass is 35.5. The molecule has 0 unspecified atom stereocenters. The van der Waals surface area contributed by atoms with Gasteiger partial charge < -0.3 is 5.73 Å². The molecule has 3 aromatic rings. The Morgan fingerprint density at radius 2 is 1.85 bits per heavy atom. The van der Waals surface area contributed by atoms with Crippen LogP contribution in [-0.2, 0) is 6.54 Å². The van der Waals surface area contributed by atoms with E-state index in [4.69, 9.17) is 17.3 Å². The summed E-state index contributed by atoms with van der Waals surface area (Å²) in [6.07, 6.45) is 4.31. The van der Waals surface area contributed by atoms with Crippen molar-refractivity contribution in [1.82, 2.24) is 20.5 Å². The number of amidine groups is 1. The summed E-state index contributed by atoms with van der Waals surface area (Å²) in [7, 11) is 1.74. The van der Waals surface area contributed by atoms with E-state index in [1.165, 1.54) is 42.7 Å². The molecule has 1 saturated heterocycles. The lowest BCUT2D eigenvalue weighted by atomic mass is 10.0. The summed E-state index contributed by atoms with van der Waals surface area (Å²) in [6.45, 7) is 3.32. The first-order chi connectivity index (χ1) is 16.0. The molecule has 7 nitrogen and oxygen atoms in total. The highest BCUT2D eigenvalue weighted by Crippen LogP contribution is 2.32. The number of pyridine rings is 1. The lowest BCUT2D eigenvalue weighted by Crippen LogP contribution is -2.42. The number of rotatable bonds is 5. The van der Waals surface area contributed by atoms with Gasteiger partial charge in [0.1, 0.15) is 16.7 Å². The van der Waals surface area contributed by atoms with Gasteiger partial charge in [-0.05, 0) is 55.3 Å². The molecule has 0 saturated carbocycles. The molecule has 3 N–H and O–H groups in total. The molecule has 0 aliphatic carbocycles. The van der Waals surface area contributed by atoms with Crippen LogP contribution in [0.4, 0.5) is 15.9 Å². The number of benzene rings is 2. The molecular weight excluding hydrogens is 441 g/mol. The third-order valence-electron chi connectivity index (χ3n) is 5.92. The van der Waals surface area contributed by atoms with Gasteiger partial charge in [0.15, 0.2) is 5.84 Å². The number of hydrogen-bond donors (Lipinski definition) is 2. The van der Waals surface area contributed by atoms with Crippen LogP contribution >= 0.6 is 11.6 Å². The second kappa shape index (κ2) is 8.97. The summed E-state index contributed by atoms with van der Waals surface area (Å²) in [5, 5.41) is 7.61. The average molecular weight is 466 g/mol. The number of halogens is 2.